The predicted molar refractivity (Wildman–Crippen MR) is 26.9 cm³/mol. The number of quaternary nitrogens is 1. The van der Waals surface area contributed by atoms with Crippen molar-refractivity contribution in [2.24, 2.45) is 0 Å². The van der Waals surface area contributed by atoms with Crippen LogP contribution in [0.25, 0.3) is 0 Å². The van der Waals surface area contributed by atoms with Gasteiger partial charge in [0.2, 0.25) is 0 Å². The van der Waals surface area contributed by atoms with E-state index in [1.54, 1.807) is 0 Å². The van der Waals surface area contributed by atoms with E-state index < -0.39 is 30.1 Å². The standard InChI is InChI=1S/CHF4NO4S2/c2-1(3,4)11(7,8)6-12(5,9)10/h6H/p+1. The van der Waals surface area contributed by atoms with E-state index in [0.29, 0.717) is 0 Å². The molecule has 0 atom stereocenters. The first-order valence-corrected chi connectivity index (χ1v) is 5.06. The summed E-state index contributed by atoms with van der Waals surface area (Å²) in [4.78, 5) is 0. The summed E-state index contributed by atoms with van der Waals surface area (Å²) in [5, 5.41) is 0. The number of hydrogen-bond donors (Lipinski definition) is 1. The number of hydrogen-bond acceptors (Lipinski definition) is 4. The Morgan fingerprint density at radius 2 is 1.33 bits per heavy atom. The summed E-state index contributed by atoms with van der Waals surface area (Å²) < 4.78 is 82.7. The summed E-state index contributed by atoms with van der Waals surface area (Å²) in [5.74, 6) is 0. The monoisotopic (exact) mass is 232 g/mol. The van der Waals surface area contributed by atoms with Crippen LogP contribution in [-0.2, 0) is 20.4 Å². The minimum Gasteiger partial charge on any atom is -0.162 e. The molecule has 0 aliphatic rings. The first kappa shape index (κ1) is 11.6. The van der Waals surface area contributed by atoms with Gasteiger partial charge >= 0.3 is 25.9 Å². The predicted octanol–water partition coefficient (Wildman–Crippen LogP) is -1.39. The van der Waals surface area contributed by atoms with E-state index in [4.69, 9.17) is 0 Å². The van der Waals surface area contributed by atoms with Gasteiger partial charge in [0.15, 0.2) is 0 Å². The summed E-state index contributed by atoms with van der Waals surface area (Å²) in [7, 11) is -11.8. The third-order valence-corrected chi connectivity index (χ3v) is 3.14. The molecule has 12 heavy (non-hydrogen) atoms. The Morgan fingerprint density at radius 1 is 1.00 bits per heavy atom. The van der Waals surface area contributed by atoms with E-state index >= 15 is 0 Å². The highest BCUT2D eigenvalue weighted by Crippen LogP contribution is 2.18. The van der Waals surface area contributed by atoms with Gasteiger partial charge in [0.25, 0.3) is 0 Å². The van der Waals surface area contributed by atoms with Crippen molar-refractivity contribution in [2.75, 3.05) is 0 Å². The molecule has 0 unspecified atom stereocenters. The third kappa shape index (κ3) is 3.32. The van der Waals surface area contributed by atoms with Crippen LogP contribution in [0.4, 0.5) is 17.1 Å². The normalized spacial score (nSPS) is 14.7. The fourth-order valence-electron chi connectivity index (χ4n) is 0.206. The van der Waals surface area contributed by atoms with Crippen LogP contribution in [0.2, 0.25) is 0 Å². The second kappa shape index (κ2) is 2.81. The van der Waals surface area contributed by atoms with Crippen LogP contribution in [-0.4, -0.2) is 22.3 Å². The molecule has 0 saturated heterocycles. The van der Waals surface area contributed by atoms with Gasteiger partial charge in [0.05, 0.1) is 0 Å². The topological polar surface area (TPSA) is 84.9 Å². The summed E-state index contributed by atoms with van der Waals surface area (Å²) >= 11 is 0. The molecule has 0 aromatic carbocycles. The van der Waals surface area contributed by atoms with E-state index in [-0.39, 0.29) is 0 Å². The Morgan fingerprint density at radius 3 is 1.42 bits per heavy atom. The van der Waals surface area contributed by atoms with Crippen LogP contribution in [0.5, 0.6) is 0 Å². The van der Waals surface area contributed by atoms with Crippen molar-refractivity contribution in [1.82, 2.24) is 0 Å². The maximum atomic E-state index is 11.5. The minimum absolute atomic E-state index is 1.39. The minimum atomic E-state index is -6.04. The van der Waals surface area contributed by atoms with Crippen molar-refractivity contribution in [3.8, 4) is 0 Å². The Balaban J connectivity index is 4.96. The van der Waals surface area contributed by atoms with Gasteiger partial charge in [0.1, 0.15) is 0 Å². The van der Waals surface area contributed by atoms with E-state index in [1.165, 1.54) is 0 Å². The summed E-state index contributed by atoms with van der Waals surface area (Å²) in [6.07, 6.45) is 0. The number of alkyl halides is 3. The molecule has 0 bridgehead atoms. The number of primary sulfonamides is 1. The van der Waals surface area contributed by atoms with Crippen LogP contribution in [0, 0.1) is 0 Å². The third-order valence-electron chi connectivity index (χ3n) is 0.564. The average Bonchev–Trinajstić information content (AvgIpc) is 1.52. The van der Waals surface area contributed by atoms with Gasteiger partial charge in [-0.1, -0.05) is 3.89 Å². The molecular weight excluding hydrogens is 230 g/mol. The van der Waals surface area contributed by atoms with Crippen LogP contribution in [0.3, 0.4) is 0 Å². The molecule has 0 rings (SSSR count). The van der Waals surface area contributed by atoms with Crippen molar-refractivity contribution in [3.63, 3.8) is 0 Å². The van der Waals surface area contributed by atoms with Crippen molar-refractivity contribution in [2.45, 2.75) is 5.51 Å². The Hall–Kier alpha value is -0.420. The molecule has 0 heterocycles. The molecule has 0 saturated carbocycles. The number of rotatable bonds is 2. The zero-order valence-corrected chi connectivity index (χ0v) is 6.67. The van der Waals surface area contributed by atoms with Gasteiger partial charge in [-0.2, -0.15) is 21.6 Å². The zero-order chi connectivity index (χ0) is 10.2. The Bertz CT molecular complexity index is 349. The molecule has 11 heteroatoms. The van der Waals surface area contributed by atoms with Crippen LogP contribution in [0.15, 0.2) is 0 Å². The second-order valence-corrected chi connectivity index (χ2v) is 4.84. The SMILES string of the molecule is O=S(=O)(F)[NH2+]S(=O)(=O)C(F)(F)F. The lowest BCUT2D eigenvalue weighted by molar-refractivity contribution is -0.336. The maximum absolute atomic E-state index is 11.5. The lowest BCUT2D eigenvalue weighted by Crippen LogP contribution is -2.91. The first-order valence-electron chi connectivity index (χ1n) is 2.06. The maximum Gasteiger partial charge on any atom is 0.550 e. The fourth-order valence-corrected chi connectivity index (χ4v) is 1.85. The quantitative estimate of drug-likeness (QED) is 0.469. The molecule has 5 nitrogen and oxygen atoms in total. The van der Waals surface area contributed by atoms with E-state index in [9.17, 15) is 33.9 Å². The van der Waals surface area contributed by atoms with Crippen molar-refractivity contribution in [1.29, 1.82) is 0 Å². The molecule has 0 aromatic rings. The van der Waals surface area contributed by atoms with Gasteiger partial charge in [-0.3, -0.25) is 0 Å². The molecule has 0 aliphatic carbocycles. The fraction of sp³-hybridized carbons (Fsp3) is 1.00. The smallest absolute Gasteiger partial charge is 0.162 e. The number of sulfonamides is 1. The van der Waals surface area contributed by atoms with Gasteiger partial charge in [0, 0.05) is 0 Å². The van der Waals surface area contributed by atoms with Crippen molar-refractivity contribution >= 4 is 20.4 Å². The summed E-state index contributed by atoms with van der Waals surface area (Å²) in [6, 6.07) is 0. The first-order chi connectivity index (χ1) is 4.96. The van der Waals surface area contributed by atoms with Crippen molar-refractivity contribution < 1.29 is 38.0 Å². The molecule has 0 fully saturated rings. The van der Waals surface area contributed by atoms with Gasteiger partial charge < -0.3 is 0 Å². The number of nitrogens with two attached hydrogens (primary N) is 1. The molecule has 0 aromatic heterocycles. The molecule has 74 valence electrons. The highest BCUT2D eigenvalue weighted by molar-refractivity contribution is 7.94. The van der Waals surface area contributed by atoms with E-state index in [1.807, 2.05) is 0 Å². The molecule has 0 spiro atoms. The van der Waals surface area contributed by atoms with Gasteiger partial charge in [-0.15, -0.1) is 12.5 Å². The van der Waals surface area contributed by atoms with Gasteiger partial charge in [-0.25, -0.2) is 0 Å². The highest BCUT2D eigenvalue weighted by atomic mass is 32.3. The highest BCUT2D eigenvalue weighted by Gasteiger charge is 2.52. The second-order valence-electron chi connectivity index (χ2n) is 1.56. The Labute approximate surface area is 64.8 Å². The van der Waals surface area contributed by atoms with Crippen LogP contribution >= 0.6 is 0 Å². The lowest BCUT2D eigenvalue weighted by atomic mass is 11.6. The zero-order valence-electron chi connectivity index (χ0n) is 5.04. The van der Waals surface area contributed by atoms with E-state index in [2.05, 4.69) is 0 Å². The van der Waals surface area contributed by atoms with Crippen LogP contribution in [0.1, 0.15) is 0 Å². The van der Waals surface area contributed by atoms with Gasteiger partial charge in [-0.05, 0) is 0 Å². The molecular formula is CH2F4NO4S2+. The average molecular weight is 232 g/mol. The summed E-state index contributed by atoms with van der Waals surface area (Å²) in [6.45, 7) is 0. The van der Waals surface area contributed by atoms with Crippen LogP contribution < -0.4 is 4.13 Å². The van der Waals surface area contributed by atoms with Crippen molar-refractivity contribution in [3.05, 3.63) is 0 Å². The largest absolute Gasteiger partial charge is 0.550 e. The summed E-state index contributed by atoms with van der Waals surface area (Å²) in [5.41, 5.74) is -5.80. The molecule has 0 aliphatic heterocycles. The number of halogens is 4. The Kier molecular flexibility index (Phi) is 2.71. The van der Waals surface area contributed by atoms with E-state index in [0.717, 1.165) is 0 Å². The lowest BCUT2D eigenvalue weighted by Gasteiger charge is -2.01. The molecule has 0 amide bonds. The molecule has 2 N–H and O–H groups in total. The molecule has 0 radical (unpaired) electrons.